The molecule has 0 saturated heterocycles. The Bertz CT molecular complexity index is 707. The molecule has 1 aromatic carbocycles. The summed E-state index contributed by atoms with van der Waals surface area (Å²) in [6.45, 7) is 1.79. The number of aromatic nitrogens is 2. The van der Waals surface area contributed by atoms with E-state index in [9.17, 15) is 4.79 Å². The Hall–Kier alpha value is -2.63. The Morgan fingerprint density at radius 3 is 2.48 bits per heavy atom. The summed E-state index contributed by atoms with van der Waals surface area (Å²) in [5, 5.41) is 6.17. The first-order valence-electron chi connectivity index (χ1n) is 7.72. The van der Waals surface area contributed by atoms with E-state index in [1.165, 1.54) is 0 Å². The number of carbonyl (C=O) groups is 1. The molecule has 1 amide bonds. The maximum absolute atomic E-state index is 12.1. The maximum atomic E-state index is 12.1. The van der Waals surface area contributed by atoms with E-state index in [0.29, 0.717) is 23.4 Å². The van der Waals surface area contributed by atoms with Crippen LogP contribution in [-0.2, 0) is 0 Å². The summed E-state index contributed by atoms with van der Waals surface area (Å²) < 4.78 is 0. The lowest BCUT2D eigenvalue weighted by molar-refractivity contribution is 0.0945. The molecule has 2 N–H and O–H groups in total. The van der Waals surface area contributed by atoms with Crippen molar-refractivity contribution in [3.8, 4) is 0 Å². The van der Waals surface area contributed by atoms with Crippen molar-refractivity contribution >= 4 is 23.1 Å². The summed E-state index contributed by atoms with van der Waals surface area (Å²) in [7, 11) is 4.00. The molecule has 1 fully saturated rings. The van der Waals surface area contributed by atoms with Crippen LogP contribution in [0.3, 0.4) is 0 Å². The SMILES string of the molecule is Cc1nc(Nc2ccc(N(C)C)cc2)cc(C(=O)NC2CC2)n1. The van der Waals surface area contributed by atoms with Gasteiger partial charge in [0.05, 0.1) is 0 Å². The highest BCUT2D eigenvalue weighted by molar-refractivity contribution is 5.93. The predicted octanol–water partition coefficient (Wildman–Crippen LogP) is 2.49. The molecule has 6 nitrogen and oxygen atoms in total. The van der Waals surface area contributed by atoms with Gasteiger partial charge in [0, 0.05) is 37.6 Å². The maximum Gasteiger partial charge on any atom is 0.270 e. The van der Waals surface area contributed by atoms with Crippen molar-refractivity contribution < 1.29 is 4.79 Å². The van der Waals surface area contributed by atoms with Crippen molar-refractivity contribution in [2.24, 2.45) is 0 Å². The number of hydrogen-bond donors (Lipinski definition) is 2. The van der Waals surface area contributed by atoms with Gasteiger partial charge in [-0.15, -0.1) is 0 Å². The largest absolute Gasteiger partial charge is 0.378 e. The van der Waals surface area contributed by atoms with Gasteiger partial charge in [-0.2, -0.15) is 0 Å². The normalized spacial score (nSPS) is 13.5. The van der Waals surface area contributed by atoms with Crippen molar-refractivity contribution in [3.63, 3.8) is 0 Å². The third-order valence-corrected chi connectivity index (χ3v) is 3.64. The molecule has 1 heterocycles. The molecule has 1 aromatic heterocycles. The van der Waals surface area contributed by atoms with Crippen LogP contribution in [0.25, 0.3) is 0 Å². The third-order valence-electron chi connectivity index (χ3n) is 3.64. The zero-order valence-electron chi connectivity index (χ0n) is 13.6. The van der Waals surface area contributed by atoms with Crippen LogP contribution in [0.15, 0.2) is 30.3 Å². The van der Waals surface area contributed by atoms with E-state index in [0.717, 1.165) is 24.2 Å². The first-order chi connectivity index (χ1) is 11.0. The van der Waals surface area contributed by atoms with Crippen LogP contribution in [0.5, 0.6) is 0 Å². The Labute approximate surface area is 135 Å². The van der Waals surface area contributed by atoms with E-state index in [-0.39, 0.29) is 5.91 Å². The second kappa shape index (κ2) is 6.24. The number of benzene rings is 1. The molecule has 2 aromatic rings. The number of nitrogens with zero attached hydrogens (tertiary/aromatic N) is 3. The first-order valence-corrected chi connectivity index (χ1v) is 7.72. The molecular weight excluding hydrogens is 290 g/mol. The highest BCUT2D eigenvalue weighted by Gasteiger charge is 2.24. The van der Waals surface area contributed by atoms with Crippen molar-refractivity contribution in [2.75, 3.05) is 24.3 Å². The number of anilines is 3. The fraction of sp³-hybridized carbons (Fsp3) is 0.353. The minimum Gasteiger partial charge on any atom is -0.378 e. The van der Waals surface area contributed by atoms with Gasteiger partial charge < -0.3 is 15.5 Å². The summed E-state index contributed by atoms with van der Waals surface area (Å²) >= 11 is 0. The molecular formula is C17H21N5O. The van der Waals surface area contributed by atoms with Crippen molar-refractivity contribution in [1.82, 2.24) is 15.3 Å². The average Bonchev–Trinajstić information content (AvgIpc) is 3.31. The van der Waals surface area contributed by atoms with Crippen LogP contribution in [-0.4, -0.2) is 36.0 Å². The molecule has 23 heavy (non-hydrogen) atoms. The van der Waals surface area contributed by atoms with Crippen LogP contribution < -0.4 is 15.5 Å². The number of amides is 1. The minimum absolute atomic E-state index is 0.135. The number of aryl methyl sites for hydroxylation is 1. The van der Waals surface area contributed by atoms with Gasteiger partial charge in [0.25, 0.3) is 5.91 Å². The number of carbonyl (C=O) groups excluding carboxylic acids is 1. The van der Waals surface area contributed by atoms with E-state index in [2.05, 4.69) is 20.6 Å². The van der Waals surface area contributed by atoms with Gasteiger partial charge in [-0.25, -0.2) is 9.97 Å². The van der Waals surface area contributed by atoms with Crippen molar-refractivity contribution in [1.29, 1.82) is 0 Å². The molecule has 0 atom stereocenters. The lowest BCUT2D eigenvalue weighted by Crippen LogP contribution is -2.26. The van der Waals surface area contributed by atoms with Gasteiger partial charge in [-0.3, -0.25) is 4.79 Å². The van der Waals surface area contributed by atoms with Crippen molar-refractivity contribution in [3.05, 3.63) is 41.9 Å². The second-order valence-corrected chi connectivity index (χ2v) is 6.00. The van der Waals surface area contributed by atoms with Gasteiger partial charge in [0.1, 0.15) is 17.3 Å². The molecule has 120 valence electrons. The number of nitrogens with one attached hydrogen (secondary N) is 2. The highest BCUT2D eigenvalue weighted by atomic mass is 16.2. The zero-order chi connectivity index (χ0) is 16.4. The van der Waals surface area contributed by atoms with Crippen LogP contribution in [0.2, 0.25) is 0 Å². The van der Waals surface area contributed by atoms with E-state index >= 15 is 0 Å². The topological polar surface area (TPSA) is 70.2 Å². The molecule has 0 spiro atoms. The lowest BCUT2D eigenvalue weighted by atomic mass is 10.2. The Morgan fingerprint density at radius 1 is 1.17 bits per heavy atom. The van der Waals surface area contributed by atoms with Crippen LogP contribution >= 0.6 is 0 Å². The molecule has 1 aliphatic rings. The van der Waals surface area contributed by atoms with Gasteiger partial charge in [0.15, 0.2) is 0 Å². The van der Waals surface area contributed by atoms with E-state index in [1.54, 1.807) is 13.0 Å². The smallest absolute Gasteiger partial charge is 0.270 e. The van der Waals surface area contributed by atoms with Crippen LogP contribution in [0, 0.1) is 6.92 Å². The summed E-state index contributed by atoms with van der Waals surface area (Å²) in [5.74, 6) is 1.06. The number of rotatable bonds is 5. The first kappa shape index (κ1) is 15.3. The fourth-order valence-corrected chi connectivity index (χ4v) is 2.23. The zero-order valence-corrected chi connectivity index (χ0v) is 13.6. The van der Waals surface area contributed by atoms with Crippen LogP contribution in [0.4, 0.5) is 17.2 Å². The summed E-state index contributed by atoms with van der Waals surface area (Å²) in [6, 6.07) is 10.0. The van der Waals surface area contributed by atoms with Crippen LogP contribution in [0.1, 0.15) is 29.2 Å². The van der Waals surface area contributed by atoms with E-state index in [4.69, 9.17) is 0 Å². The predicted molar refractivity (Wildman–Crippen MR) is 91.3 cm³/mol. The average molecular weight is 311 g/mol. The molecule has 1 aliphatic carbocycles. The monoisotopic (exact) mass is 311 g/mol. The summed E-state index contributed by atoms with van der Waals surface area (Å²) in [6.07, 6.45) is 2.11. The molecule has 0 bridgehead atoms. The summed E-state index contributed by atoms with van der Waals surface area (Å²) in [5.41, 5.74) is 2.44. The molecule has 0 aliphatic heterocycles. The quantitative estimate of drug-likeness (QED) is 0.888. The van der Waals surface area contributed by atoms with Gasteiger partial charge >= 0.3 is 0 Å². The Morgan fingerprint density at radius 2 is 1.87 bits per heavy atom. The fourth-order valence-electron chi connectivity index (χ4n) is 2.23. The standard InChI is InChI=1S/C17H21N5O/c1-11-18-15(17(23)21-13-4-5-13)10-16(19-11)20-12-6-8-14(9-7-12)22(2)3/h6-10,13H,4-5H2,1-3H3,(H,21,23)(H,18,19,20). The van der Waals surface area contributed by atoms with Gasteiger partial charge in [-0.1, -0.05) is 0 Å². The van der Waals surface area contributed by atoms with Gasteiger partial charge in [0.2, 0.25) is 0 Å². The van der Waals surface area contributed by atoms with Gasteiger partial charge in [-0.05, 0) is 44.0 Å². The highest BCUT2D eigenvalue weighted by Crippen LogP contribution is 2.21. The minimum atomic E-state index is -0.135. The molecule has 0 unspecified atom stereocenters. The molecule has 1 saturated carbocycles. The second-order valence-electron chi connectivity index (χ2n) is 6.00. The number of hydrogen-bond acceptors (Lipinski definition) is 5. The molecule has 0 radical (unpaired) electrons. The van der Waals surface area contributed by atoms with E-state index < -0.39 is 0 Å². The third kappa shape index (κ3) is 3.97. The van der Waals surface area contributed by atoms with E-state index in [1.807, 2.05) is 43.3 Å². The molecule has 6 heteroatoms. The lowest BCUT2D eigenvalue weighted by Gasteiger charge is -2.13. The van der Waals surface area contributed by atoms with Crippen molar-refractivity contribution in [2.45, 2.75) is 25.8 Å². The summed E-state index contributed by atoms with van der Waals surface area (Å²) in [4.78, 5) is 22.8. The molecule has 3 rings (SSSR count). The Kier molecular flexibility index (Phi) is 4.14. The Balaban J connectivity index is 1.76.